The predicted octanol–water partition coefficient (Wildman–Crippen LogP) is 2.10. The average Bonchev–Trinajstić information content (AvgIpc) is 2.31. The summed E-state index contributed by atoms with van der Waals surface area (Å²) in [6.45, 7) is 0.123. The van der Waals surface area contributed by atoms with E-state index in [-0.39, 0.29) is 42.7 Å². The topological polar surface area (TPSA) is 84.2 Å². The SMILES string of the molecule is O=[N+]([O-])c1cnc(Cl)nc1NN1CCC(F)(F)CC1. The number of rotatable bonds is 3. The molecule has 0 atom stereocenters. The molecule has 0 saturated carbocycles. The number of hydrazine groups is 1. The van der Waals surface area contributed by atoms with Crippen LogP contribution in [-0.4, -0.2) is 38.9 Å². The van der Waals surface area contributed by atoms with E-state index in [1.165, 1.54) is 5.01 Å². The molecule has 1 aromatic rings. The van der Waals surface area contributed by atoms with E-state index >= 15 is 0 Å². The van der Waals surface area contributed by atoms with E-state index in [0.29, 0.717) is 0 Å². The van der Waals surface area contributed by atoms with Gasteiger partial charge < -0.3 is 0 Å². The van der Waals surface area contributed by atoms with Crippen molar-refractivity contribution in [2.75, 3.05) is 18.5 Å². The second-order valence-corrected chi connectivity index (χ2v) is 4.42. The Morgan fingerprint density at radius 3 is 2.68 bits per heavy atom. The average molecular weight is 294 g/mol. The van der Waals surface area contributed by atoms with Gasteiger partial charge in [-0.3, -0.25) is 15.5 Å². The van der Waals surface area contributed by atoms with Crippen LogP contribution in [0.4, 0.5) is 20.3 Å². The molecule has 1 aromatic heterocycles. The Morgan fingerprint density at radius 1 is 1.47 bits per heavy atom. The number of hydrogen-bond acceptors (Lipinski definition) is 6. The summed E-state index contributed by atoms with van der Waals surface area (Å²) >= 11 is 5.56. The number of anilines is 1. The number of aromatic nitrogens is 2. The maximum absolute atomic E-state index is 13.0. The molecule has 7 nitrogen and oxygen atoms in total. The fourth-order valence-electron chi connectivity index (χ4n) is 1.67. The molecule has 0 bridgehead atoms. The lowest BCUT2D eigenvalue weighted by atomic mass is 10.1. The van der Waals surface area contributed by atoms with Crippen LogP contribution in [0.1, 0.15) is 12.8 Å². The molecule has 1 N–H and O–H groups in total. The number of alkyl halides is 2. The van der Waals surface area contributed by atoms with Crippen molar-refractivity contribution < 1.29 is 13.7 Å². The number of nitrogens with one attached hydrogen (secondary N) is 1. The van der Waals surface area contributed by atoms with Crippen molar-refractivity contribution in [3.05, 3.63) is 21.6 Å². The number of halogens is 3. The van der Waals surface area contributed by atoms with Gasteiger partial charge in [0.1, 0.15) is 6.20 Å². The van der Waals surface area contributed by atoms with Crippen LogP contribution in [0.15, 0.2) is 6.20 Å². The first-order valence-electron chi connectivity index (χ1n) is 5.44. The number of nitrogens with zero attached hydrogens (tertiary/aromatic N) is 4. The largest absolute Gasteiger partial charge is 0.330 e. The van der Waals surface area contributed by atoms with Gasteiger partial charge in [-0.25, -0.2) is 18.8 Å². The molecule has 0 aromatic carbocycles. The molecule has 1 fully saturated rings. The van der Waals surface area contributed by atoms with Gasteiger partial charge in [-0.1, -0.05) is 0 Å². The molecule has 10 heteroatoms. The van der Waals surface area contributed by atoms with Crippen molar-refractivity contribution in [1.29, 1.82) is 0 Å². The van der Waals surface area contributed by atoms with Gasteiger partial charge in [0, 0.05) is 25.9 Å². The zero-order chi connectivity index (χ0) is 14.0. The highest BCUT2D eigenvalue weighted by Crippen LogP contribution is 2.29. The Morgan fingerprint density at radius 2 is 2.11 bits per heavy atom. The summed E-state index contributed by atoms with van der Waals surface area (Å²) in [5.74, 6) is -2.79. The molecule has 0 unspecified atom stereocenters. The molecule has 19 heavy (non-hydrogen) atoms. The summed E-state index contributed by atoms with van der Waals surface area (Å²) in [6, 6.07) is 0. The van der Waals surface area contributed by atoms with Gasteiger partial charge in [0.05, 0.1) is 4.92 Å². The molecule has 104 valence electrons. The van der Waals surface area contributed by atoms with Crippen LogP contribution in [0.2, 0.25) is 5.28 Å². The summed E-state index contributed by atoms with van der Waals surface area (Å²) in [4.78, 5) is 17.3. The summed E-state index contributed by atoms with van der Waals surface area (Å²) in [5, 5.41) is 12.1. The monoisotopic (exact) mass is 293 g/mol. The first-order chi connectivity index (χ1) is 8.87. The van der Waals surface area contributed by atoms with Crippen LogP contribution in [0.25, 0.3) is 0 Å². The third-order valence-electron chi connectivity index (χ3n) is 2.70. The molecular formula is C9H10ClF2N5O2. The zero-order valence-corrected chi connectivity index (χ0v) is 10.4. The first kappa shape index (κ1) is 13.8. The van der Waals surface area contributed by atoms with Crippen molar-refractivity contribution in [3.8, 4) is 0 Å². The van der Waals surface area contributed by atoms with E-state index < -0.39 is 10.8 Å². The molecule has 0 aliphatic carbocycles. The standard InChI is InChI=1S/C9H10ClF2N5O2/c10-8-13-5-6(17(18)19)7(14-8)15-16-3-1-9(11,12)2-4-16/h5H,1-4H2,(H,13,14,15). The Bertz CT molecular complexity index is 491. The fraction of sp³-hybridized carbons (Fsp3) is 0.556. The van der Waals surface area contributed by atoms with Crippen LogP contribution in [-0.2, 0) is 0 Å². The summed E-state index contributed by atoms with van der Waals surface area (Å²) < 4.78 is 26.0. The van der Waals surface area contributed by atoms with E-state index in [4.69, 9.17) is 11.6 Å². The zero-order valence-electron chi connectivity index (χ0n) is 9.65. The van der Waals surface area contributed by atoms with Crippen LogP contribution in [0.5, 0.6) is 0 Å². The summed E-state index contributed by atoms with van der Waals surface area (Å²) in [6.07, 6.45) is 0.343. The summed E-state index contributed by atoms with van der Waals surface area (Å²) in [7, 11) is 0. The quantitative estimate of drug-likeness (QED) is 0.522. The Balaban J connectivity index is 2.11. The third kappa shape index (κ3) is 3.44. The van der Waals surface area contributed by atoms with Gasteiger partial charge in [0.25, 0.3) is 5.92 Å². The molecule has 2 heterocycles. The smallest absolute Gasteiger partial charge is 0.297 e. The van der Waals surface area contributed by atoms with Gasteiger partial charge in [-0.15, -0.1) is 0 Å². The second-order valence-electron chi connectivity index (χ2n) is 4.08. The van der Waals surface area contributed by atoms with Crippen molar-refractivity contribution in [2.24, 2.45) is 0 Å². The Labute approximate surface area is 111 Å². The third-order valence-corrected chi connectivity index (χ3v) is 2.88. The van der Waals surface area contributed by atoms with Gasteiger partial charge >= 0.3 is 5.69 Å². The minimum absolute atomic E-state index is 0.0613. The first-order valence-corrected chi connectivity index (χ1v) is 5.81. The highest BCUT2D eigenvalue weighted by atomic mass is 35.5. The Kier molecular flexibility index (Phi) is 3.76. The number of piperidine rings is 1. The molecule has 1 saturated heterocycles. The van der Waals surface area contributed by atoms with E-state index in [9.17, 15) is 18.9 Å². The predicted molar refractivity (Wildman–Crippen MR) is 63.1 cm³/mol. The maximum Gasteiger partial charge on any atom is 0.330 e. The molecule has 0 spiro atoms. The molecule has 1 aliphatic heterocycles. The van der Waals surface area contributed by atoms with Crippen molar-refractivity contribution in [1.82, 2.24) is 15.0 Å². The van der Waals surface area contributed by atoms with Gasteiger partial charge in [-0.05, 0) is 11.6 Å². The minimum Gasteiger partial charge on any atom is -0.297 e. The lowest BCUT2D eigenvalue weighted by Crippen LogP contribution is -2.42. The van der Waals surface area contributed by atoms with E-state index in [1.807, 2.05) is 0 Å². The van der Waals surface area contributed by atoms with E-state index in [0.717, 1.165) is 6.20 Å². The van der Waals surface area contributed by atoms with Gasteiger partial charge in [0.2, 0.25) is 11.1 Å². The van der Waals surface area contributed by atoms with Crippen LogP contribution in [0, 0.1) is 10.1 Å². The summed E-state index contributed by atoms with van der Waals surface area (Å²) in [5.41, 5.74) is 2.27. The minimum atomic E-state index is -2.69. The van der Waals surface area contributed by atoms with Crippen molar-refractivity contribution in [2.45, 2.75) is 18.8 Å². The fourth-order valence-corrected chi connectivity index (χ4v) is 1.80. The molecule has 0 radical (unpaired) electrons. The van der Waals surface area contributed by atoms with Gasteiger partial charge in [0.15, 0.2) is 0 Å². The number of nitro groups is 1. The molecular weight excluding hydrogens is 284 g/mol. The molecule has 2 rings (SSSR count). The van der Waals surface area contributed by atoms with Crippen molar-refractivity contribution >= 4 is 23.1 Å². The highest BCUT2D eigenvalue weighted by Gasteiger charge is 2.34. The lowest BCUT2D eigenvalue weighted by Gasteiger charge is -2.31. The number of hydrogen-bond donors (Lipinski definition) is 1. The second kappa shape index (κ2) is 5.17. The highest BCUT2D eigenvalue weighted by molar-refractivity contribution is 6.28. The maximum atomic E-state index is 13.0. The van der Waals surface area contributed by atoms with Crippen LogP contribution in [0.3, 0.4) is 0 Å². The lowest BCUT2D eigenvalue weighted by molar-refractivity contribution is -0.384. The van der Waals surface area contributed by atoms with Crippen LogP contribution < -0.4 is 5.43 Å². The van der Waals surface area contributed by atoms with E-state index in [1.54, 1.807) is 0 Å². The van der Waals surface area contributed by atoms with Crippen LogP contribution >= 0.6 is 11.6 Å². The molecule has 0 amide bonds. The molecule has 1 aliphatic rings. The van der Waals surface area contributed by atoms with Gasteiger partial charge in [-0.2, -0.15) is 4.98 Å². The van der Waals surface area contributed by atoms with Crippen molar-refractivity contribution in [3.63, 3.8) is 0 Å². The normalized spacial score (nSPS) is 19.1. The Hall–Kier alpha value is -1.61. The van der Waals surface area contributed by atoms with E-state index in [2.05, 4.69) is 15.4 Å².